The predicted octanol–water partition coefficient (Wildman–Crippen LogP) is 6.74. The summed E-state index contributed by atoms with van der Waals surface area (Å²) < 4.78 is 0. The number of Topliss-reactive ketones (excluding diaryl/α,β-unsaturated/α-hetero) is 1. The molecular formula is C24H32OS. The Balaban J connectivity index is 1.47. The summed E-state index contributed by atoms with van der Waals surface area (Å²) in [5.74, 6) is 3.69. The second-order valence-electron chi connectivity index (χ2n) is 10.1. The first-order valence-corrected chi connectivity index (χ1v) is 11.7. The predicted molar refractivity (Wildman–Crippen MR) is 109 cm³/mol. The highest BCUT2D eigenvalue weighted by Crippen LogP contribution is 2.66. The molecule has 0 radical (unpaired) electrons. The lowest BCUT2D eigenvalue weighted by Crippen LogP contribution is -2.52. The molecule has 0 unspecified atom stereocenters. The van der Waals surface area contributed by atoms with Crippen LogP contribution in [-0.4, -0.2) is 5.78 Å². The smallest absolute Gasteiger partial charge is 0.165 e. The monoisotopic (exact) mass is 368 g/mol. The van der Waals surface area contributed by atoms with Gasteiger partial charge in [0.1, 0.15) is 0 Å². The maximum absolute atomic E-state index is 13.4. The largest absolute Gasteiger partial charge is 0.294 e. The summed E-state index contributed by atoms with van der Waals surface area (Å²) >= 11 is 1.75. The normalized spacial score (nSPS) is 46.7. The zero-order valence-electron chi connectivity index (χ0n) is 16.3. The second kappa shape index (κ2) is 6.06. The molecule has 1 nitrogen and oxygen atoms in total. The molecule has 4 saturated carbocycles. The molecule has 0 saturated heterocycles. The third kappa shape index (κ3) is 2.37. The highest BCUT2D eigenvalue weighted by atomic mass is 32.1. The van der Waals surface area contributed by atoms with Gasteiger partial charge in [0.15, 0.2) is 5.78 Å². The van der Waals surface area contributed by atoms with Crippen molar-refractivity contribution < 1.29 is 4.79 Å². The first kappa shape index (κ1) is 17.2. The van der Waals surface area contributed by atoms with Crippen LogP contribution in [0.1, 0.15) is 76.5 Å². The van der Waals surface area contributed by atoms with Crippen LogP contribution < -0.4 is 0 Å². The Hall–Kier alpha value is -0.890. The van der Waals surface area contributed by atoms with E-state index in [1.807, 2.05) is 0 Å². The van der Waals surface area contributed by atoms with Crippen molar-refractivity contribution >= 4 is 23.2 Å². The molecule has 140 valence electrons. The van der Waals surface area contributed by atoms with Gasteiger partial charge in [-0.05, 0) is 97.1 Å². The van der Waals surface area contributed by atoms with E-state index in [0.717, 1.165) is 36.2 Å². The number of hydrogen-bond acceptors (Lipinski definition) is 2. The van der Waals surface area contributed by atoms with Crippen LogP contribution in [0.15, 0.2) is 23.1 Å². The van der Waals surface area contributed by atoms with Crippen LogP contribution in [0.2, 0.25) is 0 Å². The molecule has 1 heterocycles. The molecule has 0 spiro atoms. The van der Waals surface area contributed by atoms with E-state index in [2.05, 4.69) is 37.4 Å². The first-order chi connectivity index (χ1) is 12.5. The number of thiophene rings is 1. The fourth-order valence-corrected chi connectivity index (χ4v) is 8.32. The standard InChI is InChI=1S/C24H32OS/c1-23-11-4-3-6-17(23)8-9-19-20(23)10-12-24(2)21(19)15-16(22(24)25)14-18-7-5-13-26-18/h5,7,13-14,17,19-21H,3-4,6,8-12,15H2,1-2H3/b16-14+/t17-,19-,20+,21+,23+,24+/m1/s1. The Morgan fingerprint density at radius 2 is 1.96 bits per heavy atom. The number of carbonyl (C=O) groups excluding carboxylic acids is 1. The minimum Gasteiger partial charge on any atom is -0.294 e. The number of hydrogen-bond donors (Lipinski definition) is 0. The van der Waals surface area contributed by atoms with Gasteiger partial charge in [-0.2, -0.15) is 0 Å². The lowest BCUT2D eigenvalue weighted by molar-refractivity contribution is -0.137. The van der Waals surface area contributed by atoms with Gasteiger partial charge in [-0.15, -0.1) is 11.3 Å². The van der Waals surface area contributed by atoms with E-state index in [1.54, 1.807) is 11.3 Å². The SMILES string of the molecule is C[C@]12CCCC[C@@H]1CC[C@@H]1[C@@H]2CC[C@]2(C)C(=O)/C(=C/c3cccs3)C[C@@H]12. The highest BCUT2D eigenvalue weighted by Gasteiger charge is 2.60. The summed E-state index contributed by atoms with van der Waals surface area (Å²) in [6, 6.07) is 4.23. The van der Waals surface area contributed by atoms with Gasteiger partial charge in [-0.25, -0.2) is 0 Å². The van der Waals surface area contributed by atoms with Crippen LogP contribution in [0, 0.1) is 34.5 Å². The van der Waals surface area contributed by atoms with E-state index in [-0.39, 0.29) is 5.41 Å². The van der Waals surface area contributed by atoms with Crippen molar-refractivity contribution in [1.82, 2.24) is 0 Å². The van der Waals surface area contributed by atoms with E-state index in [9.17, 15) is 4.79 Å². The van der Waals surface area contributed by atoms with E-state index in [1.165, 1.54) is 49.8 Å². The number of ketones is 1. The Labute approximate surface area is 162 Å². The molecule has 0 amide bonds. The Morgan fingerprint density at radius 1 is 1.08 bits per heavy atom. The van der Waals surface area contributed by atoms with E-state index in [0.29, 0.717) is 17.1 Å². The maximum atomic E-state index is 13.4. The molecular weight excluding hydrogens is 336 g/mol. The lowest BCUT2D eigenvalue weighted by atomic mass is 9.45. The minimum absolute atomic E-state index is 0.0812. The maximum Gasteiger partial charge on any atom is 0.165 e. The van der Waals surface area contributed by atoms with Crippen LogP contribution in [-0.2, 0) is 4.79 Å². The molecule has 1 aromatic heterocycles. The quantitative estimate of drug-likeness (QED) is 0.501. The molecule has 6 atom stereocenters. The van der Waals surface area contributed by atoms with Crippen LogP contribution in [0.4, 0.5) is 0 Å². The van der Waals surface area contributed by atoms with E-state index < -0.39 is 0 Å². The summed E-state index contributed by atoms with van der Waals surface area (Å²) in [4.78, 5) is 14.6. The third-order valence-corrected chi connectivity index (χ3v) is 9.90. The van der Waals surface area contributed by atoms with Gasteiger partial charge in [0, 0.05) is 10.3 Å². The third-order valence-electron chi connectivity index (χ3n) is 9.08. The highest BCUT2D eigenvalue weighted by molar-refractivity contribution is 7.10. The van der Waals surface area contributed by atoms with Gasteiger partial charge in [-0.1, -0.05) is 32.8 Å². The van der Waals surface area contributed by atoms with Crippen LogP contribution in [0.3, 0.4) is 0 Å². The summed E-state index contributed by atoms with van der Waals surface area (Å²) in [6.45, 7) is 4.93. The number of carbonyl (C=O) groups is 1. The van der Waals surface area contributed by atoms with Crippen LogP contribution in [0.25, 0.3) is 6.08 Å². The Bertz CT molecular complexity index is 731. The molecule has 0 N–H and O–H groups in total. The number of rotatable bonds is 1. The Morgan fingerprint density at radius 3 is 2.77 bits per heavy atom. The zero-order chi connectivity index (χ0) is 17.9. The average molecular weight is 369 g/mol. The molecule has 4 aliphatic carbocycles. The summed E-state index contributed by atoms with van der Waals surface area (Å²) in [6.07, 6.45) is 14.2. The molecule has 5 rings (SSSR count). The van der Waals surface area contributed by atoms with Gasteiger partial charge in [-0.3, -0.25) is 4.79 Å². The lowest BCUT2D eigenvalue weighted by Gasteiger charge is -2.59. The minimum atomic E-state index is -0.0812. The second-order valence-corrected chi connectivity index (χ2v) is 11.1. The fraction of sp³-hybridized carbons (Fsp3) is 0.708. The van der Waals surface area contributed by atoms with E-state index >= 15 is 0 Å². The molecule has 4 fully saturated rings. The average Bonchev–Trinajstić information content (AvgIpc) is 3.23. The van der Waals surface area contributed by atoms with Gasteiger partial charge in [0.25, 0.3) is 0 Å². The molecule has 4 aliphatic rings. The fourth-order valence-electron chi connectivity index (χ4n) is 7.64. The van der Waals surface area contributed by atoms with Crippen molar-refractivity contribution in [3.05, 3.63) is 28.0 Å². The van der Waals surface area contributed by atoms with Crippen molar-refractivity contribution in [1.29, 1.82) is 0 Å². The molecule has 0 bridgehead atoms. The van der Waals surface area contributed by atoms with Crippen LogP contribution >= 0.6 is 11.3 Å². The topological polar surface area (TPSA) is 17.1 Å². The Kier molecular flexibility index (Phi) is 4.01. The first-order valence-electron chi connectivity index (χ1n) is 10.8. The van der Waals surface area contributed by atoms with Gasteiger partial charge in [0.2, 0.25) is 0 Å². The van der Waals surface area contributed by atoms with Crippen molar-refractivity contribution in [2.45, 2.75) is 71.6 Å². The molecule has 0 aromatic carbocycles. The van der Waals surface area contributed by atoms with Crippen molar-refractivity contribution in [2.24, 2.45) is 34.5 Å². The van der Waals surface area contributed by atoms with Crippen molar-refractivity contribution in [3.63, 3.8) is 0 Å². The molecule has 0 aliphatic heterocycles. The van der Waals surface area contributed by atoms with Gasteiger partial charge in [0.05, 0.1) is 0 Å². The molecule has 26 heavy (non-hydrogen) atoms. The number of allylic oxidation sites excluding steroid dienone is 1. The summed E-state index contributed by atoms with van der Waals surface area (Å²) in [7, 11) is 0. The summed E-state index contributed by atoms with van der Waals surface area (Å²) in [5, 5.41) is 2.11. The van der Waals surface area contributed by atoms with E-state index in [4.69, 9.17) is 0 Å². The van der Waals surface area contributed by atoms with Gasteiger partial charge < -0.3 is 0 Å². The van der Waals surface area contributed by atoms with Crippen molar-refractivity contribution in [2.75, 3.05) is 0 Å². The zero-order valence-corrected chi connectivity index (χ0v) is 17.1. The molecule has 1 aromatic rings. The van der Waals surface area contributed by atoms with Crippen molar-refractivity contribution in [3.8, 4) is 0 Å². The molecule has 2 heteroatoms. The van der Waals surface area contributed by atoms with Crippen LogP contribution in [0.5, 0.6) is 0 Å². The summed E-state index contributed by atoms with van der Waals surface area (Å²) in [5.41, 5.74) is 1.60. The van der Waals surface area contributed by atoms with Gasteiger partial charge >= 0.3 is 0 Å². The number of fused-ring (bicyclic) bond motifs is 5.